The van der Waals surface area contributed by atoms with Crippen LogP contribution in [0.5, 0.6) is 0 Å². The summed E-state index contributed by atoms with van der Waals surface area (Å²) < 4.78 is 0. The van der Waals surface area contributed by atoms with Crippen molar-refractivity contribution in [2.45, 2.75) is 33.1 Å². The van der Waals surface area contributed by atoms with Crippen LogP contribution in [0.25, 0.3) is 0 Å². The largest absolute Gasteiger partial charge is 0.354 e. The van der Waals surface area contributed by atoms with Gasteiger partial charge in [0.05, 0.1) is 17.0 Å². The van der Waals surface area contributed by atoms with Crippen molar-refractivity contribution in [3.8, 4) is 0 Å². The van der Waals surface area contributed by atoms with Gasteiger partial charge in [-0.25, -0.2) is 9.97 Å². The van der Waals surface area contributed by atoms with Crippen LogP contribution < -0.4 is 5.32 Å². The lowest BCUT2D eigenvalue weighted by molar-refractivity contribution is 0.0951. The number of Topliss-reactive ketones (excluding diaryl/α,β-unsaturated/α-hetero) is 1. The van der Waals surface area contributed by atoms with E-state index in [1.807, 2.05) is 25.1 Å². The Hall–Kier alpha value is -2.23. The molecule has 0 spiro atoms. The van der Waals surface area contributed by atoms with E-state index in [0.717, 1.165) is 36.3 Å². The molecule has 0 amide bonds. The zero-order chi connectivity index (χ0) is 15.5. The highest BCUT2D eigenvalue weighted by Crippen LogP contribution is 2.26. The number of rotatable bonds is 4. The van der Waals surface area contributed by atoms with E-state index in [1.165, 1.54) is 5.56 Å². The molecule has 0 radical (unpaired) electrons. The van der Waals surface area contributed by atoms with Gasteiger partial charge in [-0.15, -0.1) is 0 Å². The third kappa shape index (κ3) is 3.16. The fraction of sp³-hybridized carbons (Fsp3) is 0.389. The summed E-state index contributed by atoms with van der Waals surface area (Å²) in [5, 5.41) is 3.28. The van der Waals surface area contributed by atoms with E-state index < -0.39 is 0 Å². The maximum absolute atomic E-state index is 12.1. The molecule has 4 nitrogen and oxygen atoms in total. The Bertz CT molecular complexity index is 682. The molecule has 0 fully saturated rings. The summed E-state index contributed by atoms with van der Waals surface area (Å²) in [5.74, 6) is 1.18. The SMILES string of the molecule is Cc1nc(NCCc2ccccc2)nc2c1C(=O)C[C@H](C)C2. The molecule has 0 saturated carbocycles. The van der Waals surface area contributed by atoms with Crippen LogP contribution in [0, 0.1) is 12.8 Å². The number of hydrogen-bond donors (Lipinski definition) is 1. The Morgan fingerprint density at radius 2 is 1.95 bits per heavy atom. The predicted octanol–water partition coefficient (Wildman–Crippen LogP) is 3.20. The first-order valence-corrected chi connectivity index (χ1v) is 7.82. The number of aromatic nitrogens is 2. The first-order chi connectivity index (χ1) is 10.6. The molecule has 2 aromatic rings. The van der Waals surface area contributed by atoms with Crippen LogP contribution in [0.15, 0.2) is 30.3 Å². The standard InChI is InChI=1S/C18H21N3O/c1-12-10-15-17(16(22)11-12)13(2)20-18(21-15)19-9-8-14-6-4-3-5-7-14/h3-7,12H,8-11H2,1-2H3,(H,19,20,21)/t12-/m1/s1. The number of hydrogen-bond acceptors (Lipinski definition) is 4. The molecule has 1 aromatic carbocycles. The maximum Gasteiger partial charge on any atom is 0.223 e. The quantitative estimate of drug-likeness (QED) is 0.941. The van der Waals surface area contributed by atoms with Crippen LogP contribution in [0.4, 0.5) is 5.95 Å². The minimum atomic E-state index is 0.182. The number of nitrogens with zero attached hydrogens (tertiary/aromatic N) is 2. The molecular formula is C18H21N3O. The zero-order valence-electron chi connectivity index (χ0n) is 13.1. The number of aryl methyl sites for hydroxylation is 1. The van der Waals surface area contributed by atoms with Gasteiger partial charge in [0, 0.05) is 13.0 Å². The lowest BCUT2D eigenvalue weighted by Gasteiger charge is -2.21. The van der Waals surface area contributed by atoms with Crippen molar-refractivity contribution >= 4 is 11.7 Å². The van der Waals surface area contributed by atoms with Crippen molar-refractivity contribution in [1.29, 1.82) is 0 Å². The second-order valence-corrected chi connectivity index (χ2v) is 6.05. The van der Waals surface area contributed by atoms with Gasteiger partial charge in [-0.2, -0.15) is 0 Å². The predicted molar refractivity (Wildman–Crippen MR) is 87.2 cm³/mol. The maximum atomic E-state index is 12.1. The van der Waals surface area contributed by atoms with E-state index >= 15 is 0 Å². The second kappa shape index (κ2) is 6.26. The zero-order valence-corrected chi connectivity index (χ0v) is 13.1. The highest BCUT2D eigenvalue weighted by atomic mass is 16.1. The Morgan fingerprint density at radius 3 is 2.73 bits per heavy atom. The topological polar surface area (TPSA) is 54.9 Å². The molecule has 1 N–H and O–H groups in total. The highest BCUT2D eigenvalue weighted by molar-refractivity contribution is 5.99. The van der Waals surface area contributed by atoms with Crippen LogP contribution in [0.1, 0.15) is 40.7 Å². The Labute approximate surface area is 131 Å². The molecule has 22 heavy (non-hydrogen) atoms. The first-order valence-electron chi connectivity index (χ1n) is 7.82. The van der Waals surface area contributed by atoms with Crippen LogP contribution >= 0.6 is 0 Å². The molecular weight excluding hydrogens is 274 g/mol. The van der Waals surface area contributed by atoms with E-state index in [0.29, 0.717) is 18.3 Å². The van der Waals surface area contributed by atoms with E-state index in [1.54, 1.807) is 0 Å². The average Bonchev–Trinajstić information content (AvgIpc) is 2.47. The van der Waals surface area contributed by atoms with E-state index in [4.69, 9.17) is 0 Å². The van der Waals surface area contributed by atoms with Crippen molar-refractivity contribution in [2.24, 2.45) is 5.92 Å². The van der Waals surface area contributed by atoms with Gasteiger partial charge >= 0.3 is 0 Å². The molecule has 0 saturated heterocycles. The number of carbonyl (C=O) groups excluding carboxylic acids is 1. The minimum Gasteiger partial charge on any atom is -0.354 e. The first kappa shape index (κ1) is 14.7. The summed E-state index contributed by atoms with van der Waals surface area (Å²) in [6.45, 7) is 4.78. The van der Waals surface area contributed by atoms with Gasteiger partial charge in [-0.1, -0.05) is 37.3 Å². The fourth-order valence-electron chi connectivity index (χ4n) is 3.01. The average molecular weight is 295 g/mol. The number of nitrogens with one attached hydrogen (secondary N) is 1. The van der Waals surface area contributed by atoms with Gasteiger partial charge in [-0.05, 0) is 31.2 Å². The Balaban J connectivity index is 1.71. The van der Waals surface area contributed by atoms with Gasteiger partial charge in [-0.3, -0.25) is 4.79 Å². The van der Waals surface area contributed by atoms with Crippen molar-refractivity contribution in [2.75, 3.05) is 11.9 Å². The Kier molecular flexibility index (Phi) is 4.18. The number of benzene rings is 1. The highest BCUT2D eigenvalue weighted by Gasteiger charge is 2.26. The molecule has 0 unspecified atom stereocenters. The van der Waals surface area contributed by atoms with Gasteiger partial charge < -0.3 is 5.32 Å². The van der Waals surface area contributed by atoms with Crippen molar-refractivity contribution in [1.82, 2.24) is 9.97 Å². The van der Waals surface area contributed by atoms with Crippen LogP contribution in [0.3, 0.4) is 0 Å². The number of anilines is 1. The normalized spacial score (nSPS) is 17.2. The Morgan fingerprint density at radius 1 is 1.18 bits per heavy atom. The van der Waals surface area contributed by atoms with Gasteiger partial charge in [0.15, 0.2) is 5.78 Å². The van der Waals surface area contributed by atoms with E-state index in [-0.39, 0.29) is 5.78 Å². The van der Waals surface area contributed by atoms with Gasteiger partial charge in [0.1, 0.15) is 0 Å². The summed E-state index contributed by atoms with van der Waals surface area (Å²) in [6.07, 6.45) is 2.39. The van der Waals surface area contributed by atoms with Gasteiger partial charge in [0.25, 0.3) is 0 Å². The smallest absolute Gasteiger partial charge is 0.223 e. The lowest BCUT2D eigenvalue weighted by Crippen LogP contribution is -2.22. The van der Waals surface area contributed by atoms with Crippen molar-refractivity contribution in [3.05, 3.63) is 52.8 Å². The third-order valence-electron chi connectivity index (χ3n) is 4.06. The summed E-state index contributed by atoms with van der Waals surface area (Å²) in [5.41, 5.74) is 3.72. The molecule has 4 heteroatoms. The summed E-state index contributed by atoms with van der Waals surface area (Å²) in [4.78, 5) is 21.1. The van der Waals surface area contributed by atoms with Crippen LogP contribution in [0.2, 0.25) is 0 Å². The van der Waals surface area contributed by atoms with Crippen LogP contribution in [-0.2, 0) is 12.8 Å². The molecule has 1 aromatic heterocycles. The fourth-order valence-corrected chi connectivity index (χ4v) is 3.01. The van der Waals surface area contributed by atoms with E-state index in [9.17, 15) is 4.79 Å². The number of carbonyl (C=O) groups is 1. The lowest BCUT2D eigenvalue weighted by atomic mass is 9.86. The molecule has 114 valence electrons. The molecule has 0 bridgehead atoms. The second-order valence-electron chi connectivity index (χ2n) is 6.05. The molecule has 1 aliphatic rings. The number of fused-ring (bicyclic) bond motifs is 1. The molecule has 1 atom stereocenters. The monoisotopic (exact) mass is 295 g/mol. The minimum absolute atomic E-state index is 0.182. The molecule has 1 aliphatic carbocycles. The number of ketones is 1. The van der Waals surface area contributed by atoms with Gasteiger partial charge in [0.2, 0.25) is 5.95 Å². The van der Waals surface area contributed by atoms with Crippen molar-refractivity contribution < 1.29 is 4.79 Å². The molecule has 0 aliphatic heterocycles. The van der Waals surface area contributed by atoms with Crippen molar-refractivity contribution in [3.63, 3.8) is 0 Å². The summed E-state index contributed by atoms with van der Waals surface area (Å²) in [7, 11) is 0. The summed E-state index contributed by atoms with van der Waals surface area (Å²) in [6, 6.07) is 10.3. The summed E-state index contributed by atoms with van der Waals surface area (Å²) >= 11 is 0. The molecule has 3 rings (SSSR count). The van der Waals surface area contributed by atoms with E-state index in [2.05, 4.69) is 34.3 Å². The molecule has 1 heterocycles. The third-order valence-corrected chi connectivity index (χ3v) is 4.06. The van der Waals surface area contributed by atoms with Crippen LogP contribution in [-0.4, -0.2) is 22.3 Å².